The molecule has 0 bridgehead atoms. The van der Waals surface area contributed by atoms with Gasteiger partial charge in [0.05, 0.1) is 25.2 Å². The largest absolute Gasteiger partial charge is 0.349 e. The monoisotopic (exact) mass is 407 g/mol. The highest BCUT2D eigenvalue weighted by atomic mass is 35.5. The van der Waals surface area contributed by atoms with Crippen molar-refractivity contribution < 1.29 is 4.79 Å². The molecule has 0 radical (unpaired) electrons. The van der Waals surface area contributed by atoms with Crippen molar-refractivity contribution in [3.8, 4) is 0 Å². The number of nitrogens with one attached hydrogen (secondary N) is 1. The van der Waals surface area contributed by atoms with Crippen LogP contribution in [0.25, 0.3) is 0 Å². The lowest BCUT2D eigenvalue weighted by Gasteiger charge is -2.36. The van der Waals surface area contributed by atoms with Gasteiger partial charge in [-0.1, -0.05) is 67.9 Å². The molecular weight excluding hydrogens is 382 g/mol. The lowest BCUT2D eigenvalue weighted by Crippen LogP contribution is -2.37. The van der Waals surface area contributed by atoms with Gasteiger partial charge in [0.25, 0.3) is 0 Å². The number of aromatic nitrogens is 2. The third-order valence-corrected chi connectivity index (χ3v) is 5.76. The second-order valence-corrected chi connectivity index (χ2v) is 9.10. The highest BCUT2D eigenvalue weighted by molar-refractivity contribution is 6.30. The Morgan fingerprint density at radius 2 is 1.93 bits per heavy atom. The summed E-state index contributed by atoms with van der Waals surface area (Å²) in [4.78, 5) is 12.7. The van der Waals surface area contributed by atoms with Crippen molar-refractivity contribution in [1.82, 2.24) is 15.1 Å². The Balaban J connectivity index is 1.55. The highest BCUT2D eigenvalue weighted by Gasteiger charge is 2.35. The van der Waals surface area contributed by atoms with Gasteiger partial charge in [0.15, 0.2) is 0 Å². The van der Waals surface area contributed by atoms with Gasteiger partial charge in [-0.05, 0) is 41.5 Å². The Morgan fingerprint density at radius 1 is 1.17 bits per heavy atom. The smallest absolute Gasteiger partial charge is 0.224 e. The Labute approximate surface area is 176 Å². The summed E-state index contributed by atoms with van der Waals surface area (Å²) in [6.07, 6.45) is 4.16. The second kappa shape index (κ2) is 8.03. The van der Waals surface area contributed by atoms with Crippen LogP contribution in [0.5, 0.6) is 0 Å². The molecule has 29 heavy (non-hydrogen) atoms. The van der Waals surface area contributed by atoms with Gasteiger partial charge in [0.2, 0.25) is 5.91 Å². The minimum absolute atomic E-state index is 0.0157. The topological polar surface area (TPSA) is 46.9 Å². The van der Waals surface area contributed by atoms with Crippen molar-refractivity contribution >= 4 is 17.5 Å². The maximum atomic E-state index is 12.7. The molecule has 1 aliphatic rings. The van der Waals surface area contributed by atoms with Gasteiger partial charge >= 0.3 is 0 Å². The summed E-state index contributed by atoms with van der Waals surface area (Å²) in [5.41, 5.74) is 4.57. The summed E-state index contributed by atoms with van der Waals surface area (Å²) in [6.45, 7) is 5.18. The van der Waals surface area contributed by atoms with Crippen LogP contribution < -0.4 is 5.32 Å². The molecule has 0 saturated heterocycles. The van der Waals surface area contributed by atoms with Gasteiger partial charge in [-0.3, -0.25) is 9.48 Å². The van der Waals surface area contributed by atoms with E-state index in [0.717, 1.165) is 34.6 Å². The van der Waals surface area contributed by atoms with E-state index in [-0.39, 0.29) is 17.4 Å². The SMILES string of the molecule is CC1(C)Cc2c(cnn2Cc2cccc(Cl)c2)C(NC(=O)Cc2ccccc2)C1. The molecule has 1 atom stereocenters. The van der Waals surface area contributed by atoms with E-state index in [0.29, 0.717) is 13.0 Å². The van der Waals surface area contributed by atoms with E-state index < -0.39 is 0 Å². The third-order valence-electron chi connectivity index (χ3n) is 5.52. The number of amides is 1. The van der Waals surface area contributed by atoms with Crippen molar-refractivity contribution in [1.29, 1.82) is 0 Å². The van der Waals surface area contributed by atoms with E-state index in [1.54, 1.807) is 0 Å². The van der Waals surface area contributed by atoms with E-state index in [1.807, 2.05) is 54.7 Å². The van der Waals surface area contributed by atoms with Crippen molar-refractivity contribution in [3.05, 3.63) is 88.2 Å². The molecular formula is C24H26ClN3O. The number of carbonyl (C=O) groups excluding carboxylic acids is 1. The minimum Gasteiger partial charge on any atom is -0.349 e. The van der Waals surface area contributed by atoms with Crippen molar-refractivity contribution in [2.45, 2.75) is 45.7 Å². The van der Waals surface area contributed by atoms with Gasteiger partial charge < -0.3 is 5.32 Å². The fourth-order valence-electron chi connectivity index (χ4n) is 4.20. The summed E-state index contributed by atoms with van der Waals surface area (Å²) in [6, 6.07) is 17.7. The predicted molar refractivity (Wildman–Crippen MR) is 116 cm³/mol. The summed E-state index contributed by atoms with van der Waals surface area (Å²) < 4.78 is 2.05. The molecule has 0 saturated carbocycles. The van der Waals surface area contributed by atoms with Gasteiger partial charge in [-0.25, -0.2) is 0 Å². The molecule has 4 rings (SSSR count). The molecule has 2 aromatic carbocycles. The van der Waals surface area contributed by atoms with E-state index >= 15 is 0 Å². The summed E-state index contributed by atoms with van der Waals surface area (Å²) in [5.74, 6) is 0.0486. The van der Waals surface area contributed by atoms with Crippen LogP contribution in [0.1, 0.15) is 48.7 Å². The standard InChI is InChI=1S/C24H26ClN3O/c1-24(2)13-21(27-23(29)12-17-7-4-3-5-8-17)20-15-26-28(22(20)14-24)16-18-9-6-10-19(25)11-18/h3-11,15,21H,12-14,16H2,1-2H3,(H,27,29). The summed E-state index contributed by atoms with van der Waals surface area (Å²) in [5, 5.41) is 8.64. The number of hydrogen-bond donors (Lipinski definition) is 1. The van der Waals surface area contributed by atoms with Crippen LogP contribution in [-0.2, 0) is 24.2 Å². The maximum absolute atomic E-state index is 12.7. The number of fused-ring (bicyclic) bond motifs is 1. The summed E-state index contributed by atoms with van der Waals surface area (Å²) in [7, 11) is 0. The zero-order valence-electron chi connectivity index (χ0n) is 16.9. The molecule has 4 nitrogen and oxygen atoms in total. The predicted octanol–water partition coefficient (Wildman–Crippen LogP) is 4.96. The van der Waals surface area contributed by atoms with Crippen LogP contribution in [0.3, 0.4) is 0 Å². The molecule has 1 amide bonds. The molecule has 3 aromatic rings. The molecule has 1 unspecified atom stereocenters. The van der Waals surface area contributed by atoms with E-state index in [1.165, 1.54) is 5.69 Å². The Bertz CT molecular complexity index is 1010. The molecule has 1 aliphatic carbocycles. The fraction of sp³-hybridized carbons (Fsp3) is 0.333. The molecule has 0 fully saturated rings. The average molecular weight is 408 g/mol. The maximum Gasteiger partial charge on any atom is 0.224 e. The van der Waals surface area contributed by atoms with Crippen LogP contribution in [0, 0.1) is 5.41 Å². The Morgan fingerprint density at radius 3 is 2.69 bits per heavy atom. The molecule has 0 aliphatic heterocycles. The molecule has 1 heterocycles. The lowest BCUT2D eigenvalue weighted by molar-refractivity contribution is -0.121. The van der Waals surface area contributed by atoms with Crippen LogP contribution in [0.4, 0.5) is 0 Å². The zero-order chi connectivity index (χ0) is 20.4. The fourth-order valence-corrected chi connectivity index (χ4v) is 4.41. The Kier molecular flexibility index (Phi) is 5.46. The first-order valence-electron chi connectivity index (χ1n) is 10.0. The first-order valence-corrected chi connectivity index (χ1v) is 10.4. The lowest BCUT2D eigenvalue weighted by atomic mass is 9.74. The number of benzene rings is 2. The highest BCUT2D eigenvalue weighted by Crippen LogP contribution is 2.40. The van der Waals surface area contributed by atoms with E-state index in [9.17, 15) is 4.79 Å². The van der Waals surface area contributed by atoms with Gasteiger partial charge in [-0.2, -0.15) is 5.10 Å². The third kappa shape index (κ3) is 4.70. The number of halogens is 1. The van der Waals surface area contributed by atoms with Crippen LogP contribution in [0.2, 0.25) is 5.02 Å². The van der Waals surface area contributed by atoms with Gasteiger partial charge in [0, 0.05) is 16.3 Å². The molecule has 1 N–H and O–H groups in total. The Hall–Kier alpha value is -2.59. The second-order valence-electron chi connectivity index (χ2n) is 8.66. The van der Waals surface area contributed by atoms with Crippen LogP contribution in [-0.4, -0.2) is 15.7 Å². The molecule has 0 spiro atoms. The van der Waals surface area contributed by atoms with Gasteiger partial charge in [0.1, 0.15) is 0 Å². The number of rotatable bonds is 5. The number of hydrogen-bond acceptors (Lipinski definition) is 2. The van der Waals surface area contributed by atoms with Crippen molar-refractivity contribution in [3.63, 3.8) is 0 Å². The zero-order valence-corrected chi connectivity index (χ0v) is 17.6. The first-order chi connectivity index (χ1) is 13.9. The summed E-state index contributed by atoms with van der Waals surface area (Å²) >= 11 is 6.14. The number of carbonyl (C=O) groups is 1. The number of nitrogens with zero attached hydrogens (tertiary/aromatic N) is 2. The molecule has 1 aromatic heterocycles. The van der Waals surface area contributed by atoms with Gasteiger partial charge in [-0.15, -0.1) is 0 Å². The van der Waals surface area contributed by atoms with Crippen LogP contribution in [0.15, 0.2) is 60.8 Å². The van der Waals surface area contributed by atoms with E-state index in [2.05, 4.69) is 35.0 Å². The minimum atomic E-state index is -0.0157. The van der Waals surface area contributed by atoms with E-state index in [4.69, 9.17) is 11.6 Å². The molecule has 5 heteroatoms. The van der Waals surface area contributed by atoms with Crippen LogP contribution >= 0.6 is 11.6 Å². The molecule has 150 valence electrons. The first kappa shape index (κ1) is 19.7. The normalized spacial score (nSPS) is 17.6. The van der Waals surface area contributed by atoms with Crippen molar-refractivity contribution in [2.75, 3.05) is 0 Å². The van der Waals surface area contributed by atoms with Crippen molar-refractivity contribution in [2.24, 2.45) is 5.41 Å². The average Bonchev–Trinajstić information content (AvgIpc) is 3.04. The quantitative estimate of drug-likeness (QED) is 0.649.